The average molecular weight is 442 g/mol. The summed E-state index contributed by atoms with van der Waals surface area (Å²) in [6, 6.07) is 6.06. The van der Waals surface area contributed by atoms with Crippen LogP contribution in [0.15, 0.2) is 23.6 Å². The average Bonchev–Trinajstić information content (AvgIpc) is 3.15. The van der Waals surface area contributed by atoms with Crippen LogP contribution >= 0.6 is 11.3 Å². The second kappa shape index (κ2) is 9.81. The van der Waals surface area contributed by atoms with Crippen LogP contribution in [0.4, 0.5) is 0 Å². The van der Waals surface area contributed by atoms with Crippen LogP contribution in [0.1, 0.15) is 71.6 Å². The van der Waals surface area contributed by atoms with Gasteiger partial charge < -0.3 is 15.4 Å². The molecule has 2 aromatic rings. The lowest BCUT2D eigenvalue weighted by molar-refractivity contribution is -0.128. The van der Waals surface area contributed by atoms with Crippen LogP contribution in [0, 0.1) is 19.8 Å². The minimum absolute atomic E-state index is 0.0109. The van der Waals surface area contributed by atoms with Crippen molar-refractivity contribution in [1.29, 1.82) is 0 Å². The molecule has 2 saturated carbocycles. The van der Waals surface area contributed by atoms with E-state index >= 15 is 0 Å². The maximum atomic E-state index is 12.8. The van der Waals surface area contributed by atoms with E-state index in [1.54, 1.807) is 5.38 Å². The topological polar surface area (TPSA) is 80.3 Å². The first-order valence-corrected chi connectivity index (χ1v) is 12.1. The van der Waals surface area contributed by atoms with Gasteiger partial charge >= 0.3 is 0 Å². The van der Waals surface area contributed by atoms with Crippen molar-refractivity contribution >= 4 is 23.2 Å². The number of thiazole rings is 1. The number of aromatic nitrogens is 1. The molecule has 2 fully saturated rings. The number of ether oxygens (including phenoxy) is 1. The predicted molar refractivity (Wildman–Crippen MR) is 121 cm³/mol. The highest BCUT2D eigenvalue weighted by molar-refractivity contribution is 7.09. The lowest BCUT2D eigenvalue weighted by Gasteiger charge is -2.35. The third-order valence-electron chi connectivity index (χ3n) is 6.23. The summed E-state index contributed by atoms with van der Waals surface area (Å²) in [6.45, 7) is 4.42. The molecule has 1 aromatic carbocycles. The van der Waals surface area contributed by atoms with E-state index in [2.05, 4.69) is 21.7 Å². The van der Waals surface area contributed by atoms with Crippen LogP contribution in [0.3, 0.4) is 0 Å². The quantitative estimate of drug-likeness (QED) is 0.671. The maximum absolute atomic E-state index is 12.8. The second-order valence-corrected chi connectivity index (χ2v) is 9.79. The molecule has 2 amide bonds. The van der Waals surface area contributed by atoms with E-state index in [9.17, 15) is 9.59 Å². The Hall–Kier alpha value is -2.41. The fourth-order valence-electron chi connectivity index (χ4n) is 4.33. The van der Waals surface area contributed by atoms with Crippen LogP contribution in [-0.2, 0) is 11.4 Å². The van der Waals surface area contributed by atoms with Gasteiger partial charge in [-0.2, -0.15) is 0 Å². The van der Waals surface area contributed by atoms with Crippen molar-refractivity contribution in [2.24, 2.45) is 5.92 Å². The molecule has 1 heterocycles. The first-order chi connectivity index (χ1) is 15.0. The van der Waals surface area contributed by atoms with Crippen molar-refractivity contribution in [2.75, 3.05) is 0 Å². The Balaban J connectivity index is 1.32. The molecule has 0 aliphatic heterocycles. The van der Waals surface area contributed by atoms with E-state index in [1.807, 2.05) is 26.0 Å². The molecule has 2 aliphatic rings. The Morgan fingerprint density at radius 2 is 1.68 bits per heavy atom. The zero-order valence-electron chi connectivity index (χ0n) is 18.3. The van der Waals surface area contributed by atoms with Crippen LogP contribution in [0.5, 0.6) is 5.75 Å². The normalized spacial score (nSPS) is 21.2. The standard InChI is InChI=1S/C24H31N3O3S/c1-15-10-16(2)12-18(11-15)30-13-22-25-21(14-31-22)24(29)27-20-9-4-3-8-19(20)26-23(28)17-6-5-7-17/h10-12,14,17,19-20H,3-9,13H2,1-2H3,(H,26,28)(H,27,29)/t19-,20-/m0/s1. The SMILES string of the molecule is Cc1cc(C)cc(OCc2nc(C(=O)N[C@H]3CCCC[C@@H]3NC(=O)C3CCC3)cs2)c1. The number of hydrogen-bond donors (Lipinski definition) is 2. The van der Waals surface area contributed by atoms with E-state index in [1.165, 1.54) is 11.3 Å². The molecule has 2 atom stereocenters. The summed E-state index contributed by atoms with van der Waals surface area (Å²) in [5, 5.41) is 8.85. The van der Waals surface area contributed by atoms with Gasteiger partial charge in [0, 0.05) is 23.4 Å². The number of hydrogen-bond acceptors (Lipinski definition) is 5. The summed E-state index contributed by atoms with van der Waals surface area (Å²) < 4.78 is 5.86. The zero-order chi connectivity index (χ0) is 21.8. The van der Waals surface area contributed by atoms with Gasteiger partial charge in [-0.15, -0.1) is 11.3 Å². The summed E-state index contributed by atoms with van der Waals surface area (Å²) in [6.07, 6.45) is 7.06. The van der Waals surface area contributed by atoms with Crippen molar-refractivity contribution in [3.05, 3.63) is 45.4 Å². The van der Waals surface area contributed by atoms with Gasteiger partial charge in [-0.1, -0.05) is 25.3 Å². The van der Waals surface area contributed by atoms with Gasteiger partial charge in [-0.25, -0.2) is 4.98 Å². The number of carbonyl (C=O) groups excluding carboxylic acids is 2. The molecule has 6 nitrogen and oxygen atoms in total. The van der Waals surface area contributed by atoms with Gasteiger partial charge in [0.2, 0.25) is 5.91 Å². The second-order valence-electron chi connectivity index (χ2n) is 8.85. The van der Waals surface area contributed by atoms with Crippen LogP contribution in [0.2, 0.25) is 0 Å². The summed E-state index contributed by atoms with van der Waals surface area (Å²) in [5.74, 6) is 0.947. The summed E-state index contributed by atoms with van der Waals surface area (Å²) in [5.41, 5.74) is 2.72. The third-order valence-corrected chi connectivity index (χ3v) is 7.05. The molecule has 2 aliphatic carbocycles. The lowest BCUT2D eigenvalue weighted by Crippen LogP contribution is -2.54. The Morgan fingerprint density at radius 3 is 2.32 bits per heavy atom. The molecule has 0 bridgehead atoms. The highest BCUT2D eigenvalue weighted by atomic mass is 32.1. The minimum Gasteiger partial charge on any atom is -0.486 e. The van der Waals surface area contributed by atoms with Crippen molar-refractivity contribution < 1.29 is 14.3 Å². The highest BCUT2D eigenvalue weighted by Gasteiger charge is 2.32. The minimum atomic E-state index is -0.177. The molecule has 0 unspecified atom stereocenters. The zero-order valence-corrected chi connectivity index (χ0v) is 19.1. The number of amides is 2. The lowest BCUT2D eigenvalue weighted by atomic mass is 9.83. The number of benzene rings is 1. The fraction of sp³-hybridized carbons (Fsp3) is 0.542. The van der Waals surface area contributed by atoms with Crippen molar-refractivity contribution in [3.8, 4) is 5.75 Å². The number of nitrogens with one attached hydrogen (secondary N) is 2. The Kier molecular flexibility index (Phi) is 6.90. The fourth-order valence-corrected chi connectivity index (χ4v) is 5.02. The van der Waals surface area contributed by atoms with Gasteiger partial charge in [0.25, 0.3) is 5.91 Å². The van der Waals surface area contributed by atoms with Crippen LogP contribution < -0.4 is 15.4 Å². The van der Waals surface area contributed by atoms with Crippen molar-refractivity contribution in [3.63, 3.8) is 0 Å². The van der Waals surface area contributed by atoms with Gasteiger partial charge in [0.15, 0.2) is 0 Å². The molecule has 4 rings (SSSR count). The molecule has 0 saturated heterocycles. The third kappa shape index (κ3) is 5.64. The predicted octanol–water partition coefficient (Wildman–Crippen LogP) is 4.30. The molecule has 1 aromatic heterocycles. The summed E-state index contributed by atoms with van der Waals surface area (Å²) >= 11 is 1.43. The van der Waals surface area contributed by atoms with E-state index in [0.29, 0.717) is 12.3 Å². The van der Waals surface area contributed by atoms with E-state index < -0.39 is 0 Å². The molecular formula is C24H31N3O3S. The molecular weight excluding hydrogens is 410 g/mol. The molecule has 0 radical (unpaired) electrons. The van der Waals surface area contributed by atoms with Gasteiger partial charge in [0.1, 0.15) is 23.1 Å². The van der Waals surface area contributed by atoms with Crippen LogP contribution in [0.25, 0.3) is 0 Å². The molecule has 0 spiro atoms. The largest absolute Gasteiger partial charge is 0.486 e. The Morgan fingerprint density at radius 1 is 1.00 bits per heavy atom. The molecule has 7 heteroatoms. The number of rotatable bonds is 7. The highest BCUT2D eigenvalue weighted by Crippen LogP contribution is 2.27. The first kappa shape index (κ1) is 21.8. The Bertz CT molecular complexity index is 918. The van der Waals surface area contributed by atoms with E-state index in [4.69, 9.17) is 4.74 Å². The van der Waals surface area contributed by atoms with Crippen molar-refractivity contribution in [2.45, 2.75) is 77.5 Å². The van der Waals surface area contributed by atoms with Crippen LogP contribution in [-0.4, -0.2) is 28.9 Å². The first-order valence-electron chi connectivity index (χ1n) is 11.2. The monoisotopic (exact) mass is 441 g/mol. The molecule has 166 valence electrons. The van der Waals surface area contributed by atoms with E-state index in [0.717, 1.165) is 66.8 Å². The van der Waals surface area contributed by atoms with Crippen molar-refractivity contribution in [1.82, 2.24) is 15.6 Å². The van der Waals surface area contributed by atoms with Gasteiger partial charge in [-0.05, 0) is 62.8 Å². The number of aryl methyl sites for hydroxylation is 2. The van der Waals surface area contributed by atoms with Gasteiger partial charge in [-0.3, -0.25) is 9.59 Å². The molecule has 2 N–H and O–H groups in total. The van der Waals surface area contributed by atoms with E-state index in [-0.39, 0.29) is 29.8 Å². The summed E-state index contributed by atoms with van der Waals surface area (Å²) in [7, 11) is 0. The Labute approximate surface area is 187 Å². The summed E-state index contributed by atoms with van der Waals surface area (Å²) in [4.78, 5) is 29.6. The number of carbonyl (C=O) groups is 2. The molecule has 31 heavy (non-hydrogen) atoms. The smallest absolute Gasteiger partial charge is 0.271 e. The maximum Gasteiger partial charge on any atom is 0.271 e. The van der Waals surface area contributed by atoms with Gasteiger partial charge in [0.05, 0.1) is 0 Å². The number of nitrogens with zero attached hydrogens (tertiary/aromatic N) is 1.